The van der Waals surface area contributed by atoms with Crippen LogP contribution < -0.4 is 87.5 Å². The highest BCUT2D eigenvalue weighted by Gasteiger charge is 2.44. The van der Waals surface area contributed by atoms with Gasteiger partial charge in [0, 0.05) is 176 Å². The largest absolute Gasteiger partial charge is 0.459 e. The van der Waals surface area contributed by atoms with E-state index in [4.69, 9.17) is 56.8 Å². The Morgan fingerprint density at radius 1 is 0.308 bits per heavy atom. The number of carbonyl (C=O) groups is 12. The van der Waals surface area contributed by atoms with Crippen molar-refractivity contribution in [3.05, 3.63) is 130 Å². The number of aromatic nitrogens is 8. The normalized spacial score (nSPS) is 20.3. The molecule has 736 valence electrons. The maximum Gasteiger partial charge on any atom is 0.330 e. The Morgan fingerprint density at radius 3 is 0.669 bits per heavy atom. The number of aliphatic hydroxyl groups is 4. The number of carbonyl (C=O) groups excluding carboxylic acids is 12. The number of nitrogens with zero attached hydrogens (tertiary/aromatic N) is 4. The fraction of sp³-hybridized carbons (Fsp3) is 0.654. The van der Waals surface area contributed by atoms with Crippen molar-refractivity contribution in [2.45, 2.75) is 204 Å². The summed E-state index contributed by atoms with van der Waals surface area (Å²) in [5, 5.41) is 60.5. The molecule has 8 rings (SSSR count). The van der Waals surface area contributed by atoms with Crippen LogP contribution in [0.1, 0.15) is 150 Å². The van der Waals surface area contributed by atoms with Crippen LogP contribution in [0.3, 0.4) is 0 Å². The van der Waals surface area contributed by atoms with Crippen molar-refractivity contribution < 1.29 is 135 Å². The zero-order chi connectivity index (χ0) is 96.8. The molecular weight excluding hydrogens is 1770 g/mol. The van der Waals surface area contributed by atoms with Crippen molar-refractivity contribution in [3.8, 4) is 0 Å². The first-order chi connectivity index (χ1) is 63.6. The smallest absolute Gasteiger partial charge is 0.330 e. The number of nitrogens with one attached hydrogen (secondary N) is 12. The number of aryl methyl sites for hydroxylation is 4. The third kappa shape index (κ3) is 34.5. The Labute approximate surface area is 755 Å². The molecule has 4 saturated heterocycles. The number of amides is 8. The predicted octanol–water partition coefficient (Wildman–Crippen LogP) is -8.15. The number of aromatic amines is 4. The summed E-state index contributed by atoms with van der Waals surface area (Å²) in [5.74, 6) is -7.75. The zero-order valence-corrected chi connectivity index (χ0v) is 73.8. The van der Waals surface area contributed by atoms with E-state index in [1.54, 1.807) is 0 Å². The highest BCUT2D eigenvalue weighted by Crippen LogP contribution is 2.34. The number of ether oxygens (including phenoxy) is 12. The lowest BCUT2D eigenvalue weighted by molar-refractivity contribution is -0.154. The second kappa shape index (κ2) is 53.5. The fourth-order valence-electron chi connectivity index (χ4n) is 14.0. The third-order valence-corrected chi connectivity index (χ3v) is 21.2. The average Bonchev–Trinajstić information content (AvgIpc) is 1.69. The van der Waals surface area contributed by atoms with Crippen LogP contribution >= 0.6 is 0 Å². The summed E-state index contributed by atoms with van der Waals surface area (Å²) in [4.78, 5) is 261. The van der Waals surface area contributed by atoms with Gasteiger partial charge in [-0.25, -0.2) is 19.2 Å². The average molecular weight is 1890 g/mol. The highest BCUT2D eigenvalue weighted by atomic mass is 16.6. The molecule has 0 unspecified atom stereocenters. The zero-order valence-electron chi connectivity index (χ0n) is 73.8. The molecule has 0 saturated carbocycles. The van der Waals surface area contributed by atoms with E-state index in [0.29, 0.717) is 0 Å². The van der Waals surface area contributed by atoms with Gasteiger partial charge in [0.15, 0.2) is 0 Å². The standard InChI is InChI=1S/C81H116N16O36/c1-45-33-94(77(118)90-73(45)114)65-29-49(53(37-98)126-65)130-69(110)9-5-57(102)82-17-21-86-61(106)13-25-122-41-81(42-123-26-14-62(107)87-22-18-83-58(103)6-10-70(111)131-50-30-66(127-54(50)38-99)95-34-46(2)74(115)91-78(95)119,43-124-27-15-63(108)88-23-19-84-59(104)7-11-71(112)132-51-31-67(128-55(51)39-100)96-35-47(3)75(116)92-79(96)120)44-125-28-16-64(109)89-24-20-85-60(105)8-12-72(113)133-52-32-68(129-56(52)40-101)97-36-48(4)76(117)93-80(97)121/h33-36,49-56,65-68,98-101H,5-32,37-44H2,1-4H3,(H,82,102)(H,83,103)(H,84,104)(H,85,105)(H,86,106)(H,87,107)(H,88,108)(H,89,109)(H,90,114,118)(H,91,115,119)(H,92,116,120)(H,93,117,121)/t49-,50-,51-,52-,53+,54+,55+,56+,65+,66+,67+,68+/m0/s1. The maximum atomic E-state index is 13.2. The minimum Gasteiger partial charge on any atom is -0.459 e. The third-order valence-electron chi connectivity index (χ3n) is 21.2. The second-order valence-electron chi connectivity index (χ2n) is 31.7. The van der Waals surface area contributed by atoms with Crippen LogP contribution in [-0.2, 0) is 114 Å². The first-order valence-electron chi connectivity index (χ1n) is 43.1. The Kier molecular flexibility index (Phi) is 42.8. The summed E-state index contributed by atoms with van der Waals surface area (Å²) in [7, 11) is 0. The number of esters is 4. The Hall–Kier alpha value is -12.1. The molecule has 4 aromatic heterocycles. The molecular formula is C81H116N16O36. The molecule has 0 aromatic carbocycles. The van der Waals surface area contributed by atoms with E-state index >= 15 is 0 Å². The molecule has 8 heterocycles. The Balaban J connectivity index is 0.820. The fourth-order valence-corrected chi connectivity index (χ4v) is 14.0. The molecule has 52 nitrogen and oxygen atoms in total. The van der Waals surface area contributed by atoms with E-state index in [-0.39, 0.29) is 205 Å². The quantitative estimate of drug-likeness (QED) is 0.0111. The maximum absolute atomic E-state index is 13.2. The molecule has 4 aliphatic heterocycles. The number of rotatable bonds is 56. The van der Waals surface area contributed by atoms with E-state index in [9.17, 15) is 116 Å². The van der Waals surface area contributed by atoms with Crippen molar-refractivity contribution in [1.29, 1.82) is 0 Å². The van der Waals surface area contributed by atoms with Crippen LogP contribution in [0.5, 0.6) is 0 Å². The lowest BCUT2D eigenvalue weighted by atomic mass is 9.92. The summed E-state index contributed by atoms with van der Waals surface area (Å²) in [6.45, 7) is 0.660. The lowest BCUT2D eigenvalue weighted by Gasteiger charge is -2.33. The predicted molar refractivity (Wildman–Crippen MR) is 451 cm³/mol. The minimum absolute atomic E-state index is 0.0517. The van der Waals surface area contributed by atoms with Crippen LogP contribution in [0.25, 0.3) is 0 Å². The second-order valence-corrected chi connectivity index (χ2v) is 31.7. The molecule has 12 atom stereocenters. The van der Waals surface area contributed by atoms with Gasteiger partial charge in [-0.1, -0.05) is 0 Å². The van der Waals surface area contributed by atoms with Crippen molar-refractivity contribution in [3.63, 3.8) is 0 Å². The van der Waals surface area contributed by atoms with Gasteiger partial charge in [-0.15, -0.1) is 0 Å². The topological polar surface area (TPSA) is 712 Å². The van der Waals surface area contributed by atoms with E-state index < -0.39 is 247 Å². The molecule has 0 radical (unpaired) electrons. The van der Waals surface area contributed by atoms with Gasteiger partial charge in [0.25, 0.3) is 22.2 Å². The van der Waals surface area contributed by atoms with Gasteiger partial charge in [-0.05, 0) is 27.7 Å². The van der Waals surface area contributed by atoms with Gasteiger partial charge in [0.05, 0.1) is 110 Å². The van der Waals surface area contributed by atoms with Crippen LogP contribution in [0.4, 0.5) is 0 Å². The first-order valence-corrected chi connectivity index (χ1v) is 43.1. The van der Waals surface area contributed by atoms with Gasteiger partial charge in [-0.3, -0.25) is 115 Å². The molecule has 8 amide bonds. The van der Waals surface area contributed by atoms with Crippen LogP contribution in [-0.4, -0.2) is 310 Å². The summed E-state index contributed by atoms with van der Waals surface area (Å²) in [6.07, 6.45) is -11.1. The van der Waals surface area contributed by atoms with Crippen LogP contribution in [0.2, 0.25) is 0 Å². The highest BCUT2D eigenvalue weighted by molar-refractivity contribution is 5.84. The molecule has 16 N–H and O–H groups in total. The van der Waals surface area contributed by atoms with Crippen molar-refractivity contribution in [2.24, 2.45) is 5.41 Å². The van der Waals surface area contributed by atoms with Gasteiger partial charge in [0.1, 0.15) is 73.7 Å². The number of H-pyrrole nitrogens is 4. The number of aliphatic hydroxyl groups excluding tert-OH is 4. The molecule has 133 heavy (non-hydrogen) atoms. The molecule has 4 fully saturated rings. The van der Waals surface area contributed by atoms with Gasteiger partial charge in [-0.2, -0.15) is 0 Å². The monoisotopic (exact) mass is 1890 g/mol. The van der Waals surface area contributed by atoms with Gasteiger partial charge >= 0.3 is 46.6 Å². The number of hydrogen-bond acceptors (Lipinski definition) is 36. The van der Waals surface area contributed by atoms with Crippen LogP contribution in [0.15, 0.2) is 63.1 Å². The summed E-state index contributed by atoms with van der Waals surface area (Å²) in [6, 6.07) is 0. The van der Waals surface area contributed by atoms with Crippen LogP contribution in [0, 0.1) is 33.1 Å². The SMILES string of the molecule is Cc1cn([C@H]2C[C@H](OC(=O)CCC(=O)NCCNC(=O)CCOCC(COCCC(=O)NCCNC(=O)CCC(=O)O[C@H]3C[C@H](n4cc(C)c(=O)[nH]c4=O)O[C@@H]3CO)(COCCC(=O)NCCNC(=O)CCC(=O)O[C@H]3C[C@H](n4cc(C)c(=O)[nH]c4=O)O[C@@H]3CO)COCCC(=O)NCCNC(=O)CCC(=O)O[C@H]3C[C@H](n4cc(C)c(=O)[nH]c4=O)O[C@@H]3CO)[C@@H](CO)O2)c(=O)[nH]c1=O. The molecule has 0 aliphatic carbocycles. The van der Waals surface area contributed by atoms with Gasteiger partial charge in [0.2, 0.25) is 47.3 Å². The van der Waals surface area contributed by atoms with Crippen molar-refractivity contribution >= 4 is 71.1 Å². The van der Waals surface area contributed by atoms with E-state index in [2.05, 4.69) is 62.5 Å². The van der Waals surface area contributed by atoms with Crippen molar-refractivity contribution in [1.82, 2.24) is 80.7 Å². The molecule has 52 heteroatoms. The number of hydrogen-bond donors (Lipinski definition) is 16. The lowest BCUT2D eigenvalue weighted by Crippen LogP contribution is -2.43. The minimum atomic E-state index is -1.37. The molecule has 0 bridgehead atoms. The first kappa shape index (κ1) is 106. The summed E-state index contributed by atoms with van der Waals surface area (Å²) < 4.78 is 73.5. The van der Waals surface area contributed by atoms with Crippen molar-refractivity contribution in [2.75, 3.05) is 132 Å². The van der Waals surface area contributed by atoms with E-state index in [1.807, 2.05) is 0 Å². The molecule has 4 aromatic rings. The van der Waals surface area contributed by atoms with Gasteiger partial charge < -0.3 is 120 Å². The van der Waals surface area contributed by atoms with E-state index in [1.165, 1.54) is 52.5 Å². The molecule has 4 aliphatic rings. The molecule has 0 spiro atoms. The summed E-state index contributed by atoms with van der Waals surface area (Å²) in [5.41, 5.74) is -6.04. The summed E-state index contributed by atoms with van der Waals surface area (Å²) >= 11 is 0. The Bertz CT molecular complexity index is 4550. The van der Waals surface area contributed by atoms with E-state index in [0.717, 1.165) is 18.3 Å². The Morgan fingerprint density at radius 2 is 0.489 bits per heavy atom.